The summed E-state index contributed by atoms with van der Waals surface area (Å²) in [6.45, 7) is 3.82. The molecule has 0 fully saturated rings. The van der Waals surface area contributed by atoms with E-state index in [2.05, 4.69) is 10.6 Å². The fourth-order valence-corrected chi connectivity index (χ4v) is 2.46. The maximum Gasteiger partial charge on any atom is 0.338 e. The largest absolute Gasteiger partial charge is 0.451 e. The zero-order chi connectivity index (χ0) is 21.7. The highest BCUT2D eigenvalue weighted by Gasteiger charge is 2.22. The van der Waals surface area contributed by atoms with Crippen LogP contribution in [0.4, 0.5) is 20.2 Å². The molecule has 2 N–H and O–H groups in total. The lowest BCUT2D eigenvalue weighted by atomic mass is 10.1. The van der Waals surface area contributed by atoms with Crippen molar-refractivity contribution < 1.29 is 32.7 Å². The van der Waals surface area contributed by atoms with E-state index in [-0.39, 0.29) is 22.5 Å². The Balaban J connectivity index is 2.23. The maximum absolute atomic E-state index is 13.3. The Kier molecular flexibility index (Phi) is 6.76. The molecule has 152 valence electrons. The van der Waals surface area contributed by atoms with Crippen molar-refractivity contribution in [3.05, 3.63) is 59.2 Å². The van der Waals surface area contributed by atoms with Crippen molar-refractivity contribution in [1.82, 2.24) is 0 Å². The first-order chi connectivity index (χ1) is 13.6. The van der Waals surface area contributed by atoms with Gasteiger partial charge in [0.05, 0.1) is 5.56 Å². The molecule has 9 heteroatoms. The highest BCUT2D eigenvalue weighted by atomic mass is 19.2. The highest BCUT2D eigenvalue weighted by molar-refractivity contribution is 6.02. The molecule has 0 saturated heterocycles. The Labute approximate surface area is 165 Å². The first-order valence-corrected chi connectivity index (χ1v) is 8.47. The Hall–Kier alpha value is -3.62. The molecule has 7 nitrogen and oxygen atoms in total. The fraction of sp³-hybridized carbons (Fsp3) is 0.200. The standard InChI is InChI=1S/C20H18F2N2O5/c1-10(19(27)13-4-5-17(21)18(22)8-13)29-20(28)14-6-15(23-11(2)25)9-16(7-14)24-12(3)26/h4-10H,1-3H3,(H,23,25)(H,24,26)/t10-/m1/s1. The molecule has 0 radical (unpaired) electrons. The second-order valence-electron chi connectivity index (χ2n) is 6.20. The van der Waals surface area contributed by atoms with Crippen molar-refractivity contribution in [3.63, 3.8) is 0 Å². The van der Waals surface area contributed by atoms with Gasteiger partial charge < -0.3 is 15.4 Å². The van der Waals surface area contributed by atoms with E-state index in [0.29, 0.717) is 6.07 Å². The number of carbonyl (C=O) groups is 4. The van der Waals surface area contributed by atoms with Gasteiger partial charge in [0.2, 0.25) is 17.6 Å². The van der Waals surface area contributed by atoms with Gasteiger partial charge in [-0.05, 0) is 43.3 Å². The number of hydrogen-bond acceptors (Lipinski definition) is 5. The van der Waals surface area contributed by atoms with E-state index in [1.54, 1.807) is 0 Å². The average molecular weight is 404 g/mol. The normalized spacial score (nSPS) is 11.3. The number of amides is 2. The van der Waals surface area contributed by atoms with Gasteiger partial charge in [0.1, 0.15) is 0 Å². The average Bonchev–Trinajstić information content (AvgIpc) is 2.61. The summed E-state index contributed by atoms with van der Waals surface area (Å²) < 4.78 is 31.5. The van der Waals surface area contributed by atoms with Crippen LogP contribution in [0.3, 0.4) is 0 Å². The topological polar surface area (TPSA) is 102 Å². The molecule has 1 atom stereocenters. The van der Waals surface area contributed by atoms with Crippen LogP contribution in [0.25, 0.3) is 0 Å². The molecule has 29 heavy (non-hydrogen) atoms. The van der Waals surface area contributed by atoms with Crippen molar-refractivity contribution in [3.8, 4) is 0 Å². The summed E-state index contributed by atoms with van der Waals surface area (Å²) in [4.78, 5) is 47.3. The van der Waals surface area contributed by atoms with E-state index in [4.69, 9.17) is 4.74 Å². The number of hydrogen-bond donors (Lipinski definition) is 2. The van der Waals surface area contributed by atoms with Gasteiger partial charge >= 0.3 is 5.97 Å². The first-order valence-electron chi connectivity index (χ1n) is 8.47. The number of halogens is 2. The highest BCUT2D eigenvalue weighted by Crippen LogP contribution is 2.21. The van der Waals surface area contributed by atoms with Crippen molar-refractivity contribution in [1.29, 1.82) is 0 Å². The van der Waals surface area contributed by atoms with Crippen LogP contribution < -0.4 is 10.6 Å². The lowest BCUT2D eigenvalue weighted by Gasteiger charge is -2.14. The third-order valence-corrected chi connectivity index (χ3v) is 3.67. The van der Waals surface area contributed by atoms with E-state index in [0.717, 1.165) is 12.1 Å². The van der Waals surface area contributed by atoms with Crippen LogP contribution in [0, 0.1) is 11.6 Å². The van der Waals surface area contributed by atoms with E-state index < -0.39 is 41.3 Å². The molecule has 2 rings (SSSR count). The van der Waals surface area contributed by atoms with Crippen LogP contribution >= 0.6 is 0 Å². The zero-order valence-corrected chi connectivity index (χ0v) is 15.8. The molecule has 0 unspecified atom stereocenters. The summed E-state index contributed by atoms with van der Waals surface area (Å²) in [5, 5.41) is 4.97. The van der Waals surface area contributed by atoms with Gasteiger partial charge in [-0.3, -0.25) is 14.4 Å². The van der Waals surface area contributed by atoms with Crippen LogP contribution in [-0.2, 0) is 14.3 Å². The van der Waals surface area contributed by atoms with Crippen LogP contribution in [0.2, 0.25) is 0 Å². The van der Waals surface area contributed by atoms with Crippen molar-refractivity contribution in [2.75, 3.05) is 10.6 Å². The number of benzene rings is 2. The number of ether oxygens (including phenoxy) is 1. The maximum atomic E-state index is 13.3. The molecule has 2 aromatic carbocycles. The number of nitrogens with one attached hydrogen (secondary N) is 2. The number of ketones is 1. The van der Waals surface area contributed by atoms with Crippen LogP contribution in [-0.4, -0.2) is 29.7 Å². The van der Waals surface area contributed by atoms with Crippen molar-refractivity contribution >= 4 is 34.9 Å². The molecular weight excluding hydrogens is 386 g/mol. The summed E-state index contributed by atoms with van der Waals surface area (Å²) in [5.74, 6) is -4.73. The van der Waals surface area contributed by atoms with E-state index >= 15 is 0 Å². The monoisotopic (exact) mass is 404 g/mol. The molecule has 0 aliphatic rings. The summed E-state index contributed by atoms with van der Waals surface area (Å²) in [6, 6.07) is 6.66. The van der Waals surface area contributed by atoms with Gasteiger partial charge in [0, 0.05) is 30.8 Å². The molecule has 0 aliphatic carbocycles. The van der Waals surface area contributed by atoms with E-state index in [9.17, 15) is 28.0 Å². The van der Waals surface area contributed by atoms with Gasteiger partial charge in [0.25, 0.3) is 0 Å². The minimum atomic E-state index is -1.29. The Morgan fingerprint density at radius 2 is 1.38 bits per heavy atom. The Morgan fingerprint density at radius 1 is 0.828 bits per heavy atom. The van der Waals surface area contributed by atoms with Crippen LogP contribution in [0.1, 0.15) is 41.5 Å². The van der Waals surface area contributed by atoms with Gasteiger partial charge in [0.15, 0.2) is 17.7 Å². The molecule has 0 bridgehead atoms. The number of Topliss-reactive ketones (excluding diaryl/α,β-unsaturated/α-hetero) is 1. The smallest absolute Gasteiger partial charge is 0.338 e. The Bertz CT molecular complexity index is 957. The number of rotatable bonds is 6. The lowest BCUT2D eigenvalue weighted by Crippen LogP contribution is -2.25. The lowest BCUT2D eigenvalue weighted by molar-refractivity contribution is -0.115. The molecule has 2 amide bonds. The molecular formula is C20H18F2N2O5. The second kappa shape index (κ2) is 9.05. The molecule has 0 aromatic heterocycles. The fourth-order valence-electron chi connectivity index (χ4n) is 2.46. The molecule has 2 aromatic rings. The number of carbonyl (C=O) groups excluding carboxylic acids is 4. The number of esters is 1. The molecule has 0 aliphatic heterocycles. The molecule has 0 saturated carbocycles. The minimum Gasteiger partial charge on any atom is -0.451 e. The first kappa shape index (κ1) is 21.7. The van der Waals surface area contributed by atoms with Crippen molar-refractivity contribution in [2.45, 2.75) is 26.9 Å². The van der Waals surface area contributed by atoms with E-state index in [1.165, 1.54) is 39.0 Å². The predicted octanol–water partition coefficient (Wildman–Crippen LogP) is 3.31. The third-order valence-electron chi connectivity index (χ3n) is 3.67. The quantitative estimate of drug-likeness (QED) is 0.568. The Morgan fingerprint density at radius 3 is 1.86 bits per heavy atom. The zero-order valence-electron chi connectivity index (χ0n) is 15.8. The summed E-state index contributed by atoms with van der Waals surface area (Å²) in [7, 11) is 0. The molecule has 0 heterocycles. The minimum absolute atomic E-state index is 0.0371. The summed E-state index contributed by atoms with van der Waals surface area (Å²) in [5.41, 5.74) is 0.269. The van der Waals surface area contributed by atoms with Gasteiger partial charge in [-0.2, -0.15) is 0 Å². The predicted molar refractivity (Wildman–Crippen MR) is 101 cm³/mol. The van der Waals surface area contributed by atoms with Crippen LogP contribution in [0.5, 0.6) is 0 Å². The number of anilines is 2. The van der Waals surface area contributed by atoms with Gasteiger partial charge in [-0.25, -0.2) is 13.6 Å². The third kappa shape index (κ3) is 5.93. The SMILES string of the molecule is CC(=O)Nc1cc(NC(C)=O)cc(C(=O)O[C@H](C)C(=O)c2ccc(F)c(F)c2)c1. The summed E-state index contributed by atoms with van der Waals surface area (Å²) in [6.07, 6.45) is -1.29. The van der Waals surface area contributed by atoms with E-state index in [1.807, 2.05) is 0 Å². The second-order valence-corrected chi connectivity index (χ2v) is 6.20. The van der Waals surface area contributed by atoms with Gasteiger partial charge in [-0.1, -0.05) is 0 Å². The molecule has 0 spiro atoms. The summed E-state index contributed by atoms with van der Waals surface area (Å²) >= 11 is 0. The van der Waals surface area contributed by atoms with Crippen molar-refractivity contribution in [2.24, 2.45) is 0 Å². The van der Waals surface area contributed by atoms with Gasteiger partial charge in [-0.15, -0.1) is 0 Å². The van der Waals surface area contributed by atoms with Crippen LogP contribution in [0.15, 0.2) is 36.4 Å².